The average molecular weight is 351 g/mol. The van der Waals surface area contributed by atoms with Crippen molar-refractivity contribution >= 4 is 34.6 Å². The first-order valence-electron chi connectivity index (χ1n) is 7.17. The number of carbonyl (C=O) groups excluding carboxylic acids is 1. The van der Waals surface area contributed by atoms with Gasteiger partial charge < -0.3 is 5.32 Å². The smallest absolute Gasteiger partial charge is 0.279 e. The number of hydrazine groups is 1. The Morgan fingerprint density at radius 3 is 2.57 bits per heavy atom. The molecule has 0 saturated heterocycles. The van der Waals surface area contributed by atoms with Crippen LogP contribution in [0.2, 0.25) is 0 Å². The molecule has 0 bridgehead atoms. The van der Waals surface area contributed by atoms with Crippen LogP contribution in [0.1, 0.15) is 32.6 Å². The molecule has 4 nitrogen and oxygen atoms in total. The topological polar surface area (TPSA) is 53.2 Å². The van der Waals surface area contributed by atoms with Crippen LogP contribution in [0.25, 0.3) is 0 Å². The van der Waals surface area contributed by atoms with E-state index in [-0.39, 0.29) is 11.7 Å². The molecule has 0 aliphatic carbocycles. The minimum atomic E-state index is -0.278. The van der Waals surface area contributed by atoms with Crippen LogP contribution in [0.15, 0.2) is 30.3 Å². The van der Waals surface area contributed by atoms with Gasteiger partial charge in [-0.05, 0) is 54.9 Å². The molecule has 0 radical (unpaired) electrons. The summed E-state index contributed by atoms with van der Waals surface area (Å²) < 4.78 is 12.8. The molecule has 1 amide bonds. The van der Waals surface area contributed by atoms with Crippen LogP contribution in [0.5, 0.6) is 0 Å². The summed E-state index contributed by atoms with van der Waals surface area (Å²) in [6.45, 7) is 4.51. The molecule has 23 heavy (non-hydrogen) atoms. The Hall–Kier alpha value is -1.99. The van der Waals surface area contributed by atoms with Crippen molar-refractivity contribution in [3.63, 3.8) is 0 Å². The van der Waals surface area contributed by atoms with E-state index < -0.39 is 0 Å². The molecule has 0 atom stereocenters. The predicted octanol–water partition coefficient (Wildman–Crippen LogP) is 3.07. The third-order valence-electron chi connectivity index (χ3n) is 3.28. The Morgan fingerprint density at radius 2 is 1.96 bits per heavy atom. The van der Waals surface area contributed by atoms with Gasteiger partial charge >= 0.3 is 0 Å². The fourth-order valence-corrected chi connectivity index (χ4v) is 3.12. The second-order valence-corrected chi connectivity index (χ2v) is 6.60. The van der Waals surface area contributed by atoms with Crippen molar-refractivity contribution in [3.8, 4) is 0 Å². The van der Waals surface area contributed by atoms with Crippen LogP contribution in [-0.2, 0) is 13.0 Å². The maximum atomic E-state index is 12.8. The zero-order chi connectivity index (χ0) is 16.8. The summed E-state index contributed by atoms with van der Waals surface area (Å²) >= 11 is 6.55. The van der Waals surface area contributed by atoms with Crippen molar-refractivity contribution in [1.82, 2.24) is 16.2 Å². The van der Waals surface area contributed by atoms with Crippen LogP contribution in [0.3, 0.4) is 0 Å². The van der Waals surface area contributed by atoms with Gasteiger partial charge in [-0.25, -0.2) is 4.39 Å². The summed E-state index contributed by atoms with van der Waals surface area (Å²) in [6, 6.07) is 8.01. The van der Waals surface area contributed by atoms with E-state index in [0.29, 0.717) is 16.5 Å². The molecular weight excluding hydrogens is 333 g/mol. The highest BCUT2D eigenvalue weighted by atomic mass is 32.1. The molecular formula is C16H18FN3OS2. The summed E-state index contributed by atoms with van der Waals surface area (Å²) in [6.07, 6.45) is 0.903. The van der Waals surface area contributed by atoms with Gasteiger partial charge in [-0.2, -0.15) is 0 Å². The van der Waals surface area contributed by atoms with E-state index in [2.05, 4.69) is 23.1 Å². The first-order valence-corrected chi connectivity index (χ1v) is 8.40. The fourth-order valence-electron chi connectivity index (χ4n) is 1.99. The van der Waals surface area contributed by atoms with Gasteiger partial charge in [0.25, 0.3) is 5.91 Å². The van der Waals surface area contributed by atoms with Gasteiger partial charge in [0.05, 0.1) is 4.88 Å². The van der Waals surface area contributed by atoms with Crippen molar-refractivity contribution in [2.24, 2.45) is 0 Å². The molecule has 1 aromatic heterocycles. The molecule has 0 unspecified atom stereocenters. The number of rotatable bonds is 4. The number of carbonyl (C=O) groups is 1. The largest absolute Gasteiger partial charge is 0.357 e. The molecule has 7 heteroatoms. The van der Waals surface area contributed by atoms with Crippen LogP contribution in [0.4, 0.5) is 4.39 Å². The highest BCUT2D eigenvalue weighted by Gasteiger charge is 2.11. The Bertz CT molecular complexity index is 698. The summed E-state index contributed by atoms with van der Waals surface area (Å²) in [5.41, 5.74) is 7.30. The zero-order valence-corrected chi connectivity index (χ0v) is 14.5. The van der Waals surface area contributed by atoms with Crippen molar-refractivity contribution in [2.45, 2.75) is 26.8 Å². The molecule has 0 aliphatic rings. The van der Waals surface area contributed by atoms with Crippen molar-refractivity contribution in [3.05, 3.63) is 57.0 Å². The number of hydrogen-bond acceptors (Lipinski definition) is 3. The van der Waals surface area contributed by atoms with E-state index in [1.54, 1.807) is 12.1 Å². The number of aryl methyl sites for hydroxylation is 2. The number of amides is 1. The lowest BCUT2D eigenvalue weighted by molar-refractivity contribution is 0.0947. The highest BCUT2D eigenvalue weighted by Crippen LogP contribution is 2.21. The van der Waals surface area contributed by atoms with E-state index in [9.17, 15) is 9.18 Å². The molecule has 0 spiro atoms. The highest BCUT2D eigenvalue weighted by molar-refractivity contribution is 7.80. The van der Waals surface area contributed by atoms with E-state index in [0.717, 1.165) is 16.9 Å². The standard InChI is InChI=1S/C16H18FN3OS2/c1-3-12-8-14(23-10(12)2)15(21)19-20-16(22)18-9-11-4-6-13(17)7-5-11/h4-8H,3,9H2,1-2H3,(H,19,21)(H2,18,20,22). The normalized spacial score (nSPS) is 10.2. The van der Waals surface area contributed by atoms with Gasteiger partial charge in [-0.1, -0.05) is 19.1 Å². The van der Waals surface area contributed by atoms with Gasteiger partial charge in [0, 0.05) is 11.4 Å². The Kier molecular flexibility index (Phi) is 6.06. The van der Waals surface area contributed by atoms with Gasteiger partial charge in [0.15, 0.2) is 5.11 Å². The number of benzene rings is 1. The van der Waals surface area contributed by atoms with Gasteiger partial charge in [-0.3, -0.25) is 15.6 Å². The molecule has 1 aromatic carbocycles. The molecule has 2 aromatic rings. The second-order valence-electron chi connectivity index (χ2n) is 4.93. The molecule has 1 heterocycles. The lowest BCUT2D eigenvalue weighted by Gasteiger charge is -2.11. The van der Waals surface area contributed by atoms with E-state index in [1.807, 2.05) is 13.0 Å². The van der Waals surface area contributed by atoms with Crippen LogP contribution >= 0.6 is 23.6 Å². The first kappa shape index (κ1) is 17.4. The van der Waals surface area contributed by atoms with Crippen LogP contribution in [0, 0.1) is 12.7 Å². The van der Waals surface area contributed by atoms with Gasteiger partial charge in [-0.15, -0.1) is 11.3 Å². The molecule has 2 rings (SSSR count). The summed E-state index contributed by atoms with van der Waals surface area (Å²) in [5, 5.41) is 3.24. The van der Waals surface area contributed by atoms with E-state index in [4.69, 9.17) is 12.2 Å². The Balaban J connectivity index is 1.79. The summed E-state index contributed by atoms with van der Waals surface area (Å²) in [5.74, 6) is -0.497. The van der Waals surface area contributed by atoms with Crippen LogP contribution < -0.4 is 16.2 Å². The quantitative estimate of drug-likeness (QED) is 0.585. The Labute approximate surface area is 144 Å². The van der Waals surface area contributed by atoms with E-state index in [1.165, 1.54) is 29.0 Å². The predicted molar refractivity (Wildman–Crippen MR) is 94.9 cm³/mol. The number of thiophene rings is 1. The molecule has 122 valence electrons. The van der Waals surface area contributed by atoms with Gasteiger partial charge in [0.1, 0.15) is 5.82 Å². The molecule has 3 N–H and O–H groups in total. The first-order chi connectivity index (χ1) is 11.0. The Morgan fingerprint density at radius 1 is 1.26 bits per heavy atom. The van der Waals surface area contributed by atoms with E-state index >= 15 is 0 Å². The lowest BCUT2D eigenvalue weighted by Crippen LogP contribution is -2.46. The van der Waals surface area contributed by atoms with Crippen molar-refractivity contribution in [1.29, 1.82) is 0 Å². The third kappa shape index (κ3) is 5.01. The molecule has 0 fully saturated rings. The SMILES string of the molecule is CCc1cc(C(=O)NNC(=S)NCc2ccc(F)cc2)sc1C. The van der Waals surface area contributed by atoms with Crippen molar-refractivity contribution < 1.29 is 9.18 Å². The number of hydrogen-bond donors (Lipinski definition) is 3. The maximum absolute atomic E-state index is 12.8. The summed E-state index contributed by atoms with van der Waals surface area (Å²) in [4.78, 5) is 13.8. The fraction of sp³-hybridized carbons (Fsp3) is 0.250. The molecule has 0 saturated carbocycles. The zero-order valence-electron chi connectivity index (χ0n) is 12.9. The lowest BCUT2D eigenvalue weighted by atomic mass is 10.2. The minimum Gasteiger partial charge on any atom is -0.357 e. The number of halogens is 1. The average Bonchev–Trinajstić information content (AvgIpc) is 2.93. The molecule has 0 aliphatic heterocycles. The van der Waals surface area contributed by atoms with Crippen LogP contribution in [-0.4, -0.2) is 11.0 Å². The second kappa shape index (κ2) is 8.03. The summed E-state index contributed by atoms with van der Waals surface area (Å²) in [7, 11) is 0. The minimum absolute atomic E-state index is 0.219. The van der Waals surface area contributed by atoms with Crippen molar-refractivity contribution in [2.75, 3.05) is 0 Å². The maximum Gasteiger partial charge on any atom is 0.279 e. The third-order valence-corrected chi connectivity index (χ3v) is 4.62. The monoisotopic (exact) mass is 351 g/mol. The van der Waals surface area contributed by atoms with Gasteiger partial charge in [0.2, 0.25) is 0 Å². The number of nitrogens with one attached hydrogen (secondary N) is 3. The number of thiocarbonyl (C=S) groups is 1.